The van der Waals surface area contributed by atoms with E-state index in [4.69, 9.17) is 0 Å². The smallest absolute Gasteiger partial charge is 0.102 e. The summed E-state index contributed by atoms with van der Waals surface area (Å²) >= 11 is 0. The minimum absolute atomic E-state index is 0.235. The van der Waals surface area contributed by atoms with Crippen molar-refractivity contribution >= 4 is 0 Å². The molecule has 1 rings (SSSR count). The normalized spacial score (nSPS) is 31.1. The van der Waals surface area contributed by atoms with Crippen LogP contribution in [0, 0.1) is 11.8 Å². The summed E-state index contributed by atoms with van der Waals surface area (Å²) in [6.45, 7) is 3.62. The molecule has 0 radical (unpaired) electrons. The van der Waals surface area contributed by atoms with Gasteiger partial charge in [0, 0.05) is 6.54 Å². The highest BCUT2D eigenvalue weighted by molar-refractivity contribution is 4.75. The van der Waals surface area contributed by atoms with Gasteiger partial charge in [-0.1, -0.05) is 19.8 Å². The maximum absolute atomic E-state index is 11.7. The first-order valence-corrected chi connectivity index (χ1v) is 4.61. The van der Waals surface area contributed by atoms with Crippen LogP contribution in [0.2, 0.25) is 0 Å². The summed E-state index contributed by atoms with van der Waals surface area (Å²) in [7, 11) is 0. The Hall–Kier alpha value is -0.110. The van der Waals surface area contributed by atoms with E-state index in [1.54, 1.807) is 0 Å². The van der Waals surface area contributed by atoms with Crippen LogP contribution < -0.4 is 5.32 Å². The van der Waals surface area contributed by atoms with Gasteiger partial charge in [-0.2, -0.15) is 0 Å². The zero-order valence-electron chi connectivity index (χ0n) is 7.28. The fourth-order valence-electron chi connectivity index (χ4n) is 1.88. The summed E-state index contributed by atoms with van der Waals surface area (Å²) in [6.07, 6.45) is 4.06. The molecule has 11 heavy (non-hydrogen) atoms. The molecule has 0 bridgehead atoms. The number of rotatable bonds is 4. The Labute approximate surface area is 68.4 Å². The predicted molar refractivity (Wildman–Crippen MR) is 45.3 cm³/mol. The van der Waals surface area contributed by atoms with Crippen molar-refractivity contribution in [2.45, 2.75) is 26.2 Å². The van der Waals surface area contributed by atoms with Crippen molar-refractivity contribution in [3.05, 3.63) is 0 Å². The molecule has 66 valence electrons. The third-order valence-corrected chi connectivity index (χ3v) is 2.72. The molecular weight excluding hydrogens is 141 g/mol. The van der Waals surface area contributed by atoms with Gasteiger partial charge in [0.05, 0.1) is 0 Å². The number of halogens is 1. The zero-order valence-corrected chi connectivity index (χ0v) is 7.28. The Morgan fingerprint density at radius 2 is 2.27 bits per heavy atom. The van der Waals surface area contributed by atoms with E-state index in [1.807, 2.05) is 0 Å². The zero-order chi connectivity index (χ0) is 8.10. The van der Waals surface area contributed by atoms with E-state index in [-0.39, 0.29) is 6.67 Å². The third kappa shape index (κ3) is 2.78. The van der Waals surface area contributed by atoms with E-state index in [1.165, 1.54) is 19.3 Å². The molecule has 1 aliphatic rings. The molecule has 0 spiro atoms. The molecule has 1 nitrogen and oxygen atoms in total. The van der Waals surface area contributed by atoms with Crippen LogP contribution in [0.5, 0.6) is 0 Å². The van der Waals surface area contributed by atoms with E-state index < -0.39 is 0 Å². The van der Waals surface area contributed by atoms with E-state index in [2.05, 4.69) is 12.2 Å². The van der Waals surface area contributed by atoms with Gasteiger partial charge in [0.2, 0.25) is 0 Å². The lowest BCUT2D eigenvalue weighted by atomic mass is 9.98. The van der Waals surface area contributed by atoms with Crippen molar-refractivity contribution in [2.24, 2.45) is 11.8 Å². The van der Waals surface area contributed by atoms with Gasteiger partial charge in [-0.15, -0.1) is 0 Å². The maximum atomic E-state index is 11.7. The van der Waals surface area contributed by atoms with Gasteiger partial charge in [0.1, 0.15) is 6.67 Å². The second-order valence-electron chi connectivity index (χ2n) is 3.56. The van der Waals surface area contributed by atoms with Gasteiger partial charge >= 0.3 is 0 Å². The SMILES string of the molecule is CC1CCCC1CNCCF. The highest BCUT2D eigenvalue weighted by Gasteiger charge is 2.22. The van der Waals surface area contributed by atoms with Crippen LogP contribution in [0.1, 0.15) is 26.2 Å². The minimum atomic E-state index is -0.235. The van der Waals surface area contributed by atoms with Gasteiger partial charge in [0.25, 0.3) is 0 Å². The third-order valence-electron chi connectivity index (χ3n) is 2.72. The van der Waals surface area contributed by atoms with Gasteiger partial charge in [-0.3, -0.25) is 0 Å². The Morgan fingerprint density at radius 1 is 1.45 bits per heavy atom. The Morgan fingerprint density at radius 3 is 2.82 bits per heavy atom. The lowest BCUT2D eigenvalue weighted by Gasteiger charge is -2.14. The minimum Gasteiger partial charge on any atom is -0.314 e. The van der Waals surface area contributed by atoms with Crippen LogP contribution in [0.3, 0.4) is 0 Å². The molecule has 2 unspecified atom stereocenters. The summed E-state index contributed by atoms with van der Waals surface area (Å²) < 4.78 is 11.7. The van der Waals surface area contributed by atoms with Crippen molar-refractivity contribution < 1.29 is 4.39 Å². The first-order chi connectivity index (χ1) is 5.34. The molecule has 1 saturated carbocycles. The fourth-order valence-corrected chi connectivity index (χ4v) is 1.88. The van der Waals surface area contributed by atoms with Gasteiger partial charge in [-0.25, -0.2) is 4.39 Å². The largest absolute Gasteiger partial charge is 0.314 e. The summed E-state index contributed by atoms with van der Waals surface area (Å²) in [6, 6.07) is 0. The van der Waals surface area contributed by atoms with Crippen LogP contribution >= 0.6 is 0 Å². The van der Waals surface area contributed by atoms with E-state index in [0.29, 0.717) is 6.54 Å². The van der Waals surface area contributed by atoms with Crippen LogP contribution in [0.15, 0.2) is 0 Å². The van der Waals surface area contributed by atoms with Crippen molar-refractivity contribution in [1.29, 1.82) is 0 Å². The Bertz CT molecular complexity index is 106. The number of nitrogens with one attached hydrogen (secondary N) is 1. The molecule has 0 saturated heterocycles. The van der Waals surface area contributed by atoms with E-state index in [9.17, 15) is 4.39 Å². The Balaban J connectivity index is 2.05. The molecule has 0 amide bonds. The van der Waals surface area contributed by atoms with Gasteiger partial charge in [0.15, 0.2) is 0 Å². The van der Waals surface area contributed by atoms with Crippen LogP contribution in [-0.4, -0.2) is 19.8 Å². The summed E-state index contributed by atoms with van der Waals surface area (Å²) in [5.74, 6) is 1.66. The lowest BCUT2D eigenvalue weighted by Crippen LogP contribution is -2.25. The number of alkyl halides is 1. The molecule has 1 aliphatic carbocycles. The average Bonchev–Trinajstić information content (AvgIpc) is 2.37. The number of hydrogen-bond donors (Lipinski definition) is 1. The van der Waals surface area contributed by atoms with E-state index in [0.717, 1.165) is 18.4 Å². The van der Waals surface area contributed by atoms with Crippen molar-refractivity contribution in [2.75, 3.05) is 19.8 Å². The highest BCUT2D eigenvalue weighted by atomic mass is 19.1. The Kier molecular flexibility index (Phi) is 3.84. The van der Waals surface area contributed by atoms with Crippen molar-refractivity contribution in [1.82, 2.24) is 5.32 Å². The molecule has 0 aromatic carbocycles. The standard InChI is InChI=1S/C9H18FN/c1-8-3-2-4-9(8)7-11-6-5-10/h8-9,11H,2-7H2,1H3. The molecule has 0 aliphatic heterocycles. The second kappa shape index (κ2) is 4.70. The second-order valence-corrected chi connectivity index (χ2v) is 3.56. The topological polar surface area (TPSA) is 12.0 Å². The molecule has 1 N–H and O–H groups in total. The van der Waals surface area contributed by atoms with Crippen LogP contribution in [0.25, 0.3) is 0 Å². The number of hydrogen-bond acceptors (Lipinski definition) is 1. The summed E-state index contributed by atoms with van der Waals surface area (Å²) in [5.41, 5.74) is 0. The lowest BCUT2D eigenvalue weighted by molar-refractivity contribution is 0.377. The van der Waals surface area contributed by atoms with Gasteiger partial charge in [-0.05, 0) is 24.8 Å². The molecule has 2 heteroatoms. The molecule has 2 atom stereocenters. The van der Waals surface area contributed by atoms with E-state index >= 15 is 0 Å². The first-order valence-electron chi connectivity index (χ1n) is 4.61. The summed E-state index contributed by atoms with van der Waals surface area (Å²) in [5, 5.41) is 3.13. The highest BCUT2D eigenvalue weighted by Crippen LogP contribution is 2.30. The van der Waals surface area contributed by atoms with Crippen molar-refractivity contribution in [3.63, 3.8) is 0 Å². The first kappa shape index (κ1) is 8.98. The fraction of sp³-hybridized carbons (Fsp3) is 1.00. The van der Waals surface area contributed by atoms with Crippen LogP contribution in [0.4, 0.5) is 4.39 Å². The monoisotopic (exact) mass is 159 g/mol. The average molecular weight is 159 g/mol. The summed E-state index contributed by atoms with van der Waals surface area (Å²) in [4.78, 5) is 0. The predicted octanol–water partition coefficient (Wildman–Crippen LogP) is 1.98. The van der Waals surface area contributed by atoms with Crippen molar-refractivity contribution in [3.8, 4) is 0 Å². The molecule has 0 aromatic heterocycles. The quantitative estimate of drug-likeness (QED) is 0.618. The van der Waals surface area contributed by atoms with Gasteiger partial charge < -0.3 is 5.32 Å². The molecular formula is C9H18FN. The molecule has 0 heterocycles. The molecule has 1 fully saturated rings. The molecule has 0 aromatic rings. The maximum Gasteiger partial charge on any atom is 0.102 e. The van der Waals surface area contributed by atoms with Crippen LogP contribution in [-0.2, 0) is 0 Å².